The minimum absolute atomic E-state index is 0.0438. The van der Waals surface area contributed by atoms with Crippen LogP contribution in [0, 0.1) is 0 Å². The number of rotatable bonds is 9. The Kier molecular flexibility index (Phi) is 7.33. The summed E-state index contributed by atoms with van der Waals surface area (Å²) in [6, 6.07) is 0.191. The number of hydrogen-bond acceptors (Lipinski definition) is 4. The zero-order chi connectivity index (χ0) is 16.0. The highest BCUT2D eigenvalue weighted by atomic mass is 79.9. The van der Waals surface area contributed by atoms with E-state index in [1.54, 1.807) is 7.11 Å². The summed E-state index contributed by atoms with van der Waals surface area (Å²) in [7, 11) is 8.05. The van der Waals surface area contributed by atoms with Crippen molar-refractivity contribution in [1.82, 2.24) is 20.0 Å². The number of nitrogens with one attached hydrogen (secondary N) is 1. The van der Waals surface area contributed by atoms with E-state index in [9.17, 15) is 0 Å². The third kappa shape index (κ3) is 3.67. The van der Waals surface area contributed by atoms with Gasteiger partial charge in [-0.1, -0.05) is 13.8 Å². The van der Waals surface area contributed by atoms with Crippen LogP contribution in [0.15, 0.2) is 10.7 Å². The molecule has 0 amide bonds. The predicted molar refractivity (Wildman–Crippen MR) is 90.6 cm³/mol. The van der Waals surface area contributed by atoms with Crippen molar-refractivity contribution >= 4 is 15.9 Å². The van der Waals surface area contributed by atoms with Crippen LogP contribution in [0.25, 0.3) is 0 Å². The molecule has 1 aromatic rings. The fourth-order valence-electron chi connectivity index (χ4n) is 3.22. The first kappa shape index (κ1) is 18.6. The van der Waals surface area contributed by atoms with E-state index < -0.39 is 0 Å². The van der Waals surface area contributed by atoms with Crippen LogP contribution < -0.4 is 5.32 Å². The molecule has 0 radical (unpaired) electrons. The maximum Gasteiger partial charge on any atom is 0.0715 e. The minimum atomic E-state index is 0.0438. The fraction of sp³-hybridized carbons (Fsp3) is 0.800. The van der Waals surface area contributed by atoms with E-state index in [1.807, 2.05) is 17.9 Å². The minimum Gasteiger partial charge on any atom is -0.383 e. The van der Waals surface area contributed by atoms with Crippen LogP contribution in [0.2, 0.25) is 0 Å². The molecular formula is C15H29BrN4O. The van der Waals surface area contributed by atoms with Crippen LogP contribution in [0.3, 0.4) is 0 Å². The number of ether oxygens (including phenoxy) is 1. The summed E-state index contributed by atoms with van der Waals surface area (Å²) in [5.41, 5.74) is 1.23. The maximum absolute atomic E-state index is 5.20. The van der Waals surface area contributed by atoms with Gasteiger partial charge in [0.1, 0.15) is 0 Å². The SMILES string of the molecule is CCC(CC)(C(NC)c1c(Br)cnn1CCOC)N(C)C. The van der Waals surface area contributed by atoms with E-state index in [0.717, 1.165) is 23.9 Å². The highest BCUT2D eigenvalue weighted by Crippen LogP contribution is 2.38. The number of likely N-dealkylation sites (N-methyl/N-ethyl adjacent to an activating group) is 2. The predicted octanol–water partition coefficient (Wildman–Crippen LogP) is 2.67. The van der Waals surface area contributed by atoms with Gasteiger partial charge in [0.05, 0.1) is 35.6 Å². The largest absolute Gasteiger partial charge is 0.383 e. The Labute approximate surface area is 137 Å². The van der Waals surface area contributed by atoms with Crippen molar-refractivity contribution < 1.29 is 4.74 Å². The van der Waals surface area contributed by atoms with Gasteiger partial charge in [0, 0.05) is 12.6 Å². The number of halogens is 1. The second-order valence-corrected chi connectivity index (χ2v) is 6.37. The van der Waals surface area contributed by atoms with Crippen molar-refractivity contribution in [3.05, 3.63) is 16.4 Å². The van der Waals surface area contributed by atoms with E-state index in [-0.39, 0.29) is 11.6 Å². The van der Waals surface area contributed by atoms with Crippen molar-refractivity contribution in [2.75, 3.05) is 34.9 Å². The summed E-state index contributed by atoms with van der Waals surface area (Å²) >= 11 is 3.67. The molecule has 0 spiro atoms. The Morgan fingerprint density at radius 3 is 2.48 bits per heavy atom. The van der Waals surface area contributed by atoms with Gasteiger partial charge < -0.3 is 15.0 Å². The molecule has 0 aliphatic heterocycles. The summed E-state index contributed by atoms with van der Waals surface area (Å²) < 4.78 is 8.29. The zero-order valence-electron chi connectivity index (χ0n) is 14.1. The van der Waals surface area contributed by atoms with Crippen molar-refractivity contribution in [1.29, 1.82) is 0 Å². The van der Waals surface area contributed by atoms with Gasteiger partial charge >= 0.3 is 0 Å². The molecule has 21 heavy (non-hydrogen) atoms. The quantitative estimate of drug-likeness (QED) is 0.734. The Morgan fingerprint density at radius 1 is 1.43 bits per heavy atom. The average Bonchev–Trinajstić information content (AvgIpc) is 2.83. The smallest absolute Gasteiger partial charge is 0.0715 e. The van der Waals surface area contributed by atoms with Crippen LogP contribution in [-0.4, -0.2) is 55.1 Å². The molecule has 1 atom stereocenters. The molecular weight excluding hydrogens is 332 g/mol. The van der Waals surface area contributed by atoms with E-state index in [0.29, 0.717) is 6.61 Å². The van der Waals surface area contributed by atoms with Crippen LogP contribution >= 0.6 is 15.9 Å². The first-order chi connectivity index (χ1) is 9.98. The van der Waals surface area contributed by atoms with Gasteiger partial charge in [0.15, 0.2) is 0 Å². The van der Waals surface area contributed by atoms with Gasteiger partial charge in [-0.05, 0) is 49.9 Å². The standard InChI is InChI=1S/C15H29BrN4O/c1-7-15(8-2,19(4)5)14(17-3)13-12(16)11-18-20(13)9-10-21-6/h11,14,17H,7-10H2,1-6H3. The summed E-state index contributed by atoms with van der Waals surface area (Å²) in [6.07, 6.45) is 3.99. The second-order valence-electron chi connectivity index (χ2n) is 5.52. The zero-order valence-corrected chi connectivity index (χ0v) is 15.7. The lowest BCUT2D eigenvalue weighted by atomic mass is 9.81. The van der Waals surface area contributed by atoms with Gasteiger partial charge in [-0.25, -0.2) is 0 Å². The first-order valence-corrected chi connectivity index (χ1v) is 8.32. The van der Waals surface area contributed by atoms with Crippen LogP contribution in [-0.2, 0) is 11.3 Å². The molecule has 0 saturated carbocycles. The third-order valence-corrected chi connectivity index (χ3v) is 5.17. The highest BCUT2D eigenvalue weighted by molar-refractivity contribution is 9.10. The van der Waals surface area contributed by atoms with E-state index in [4.69, 9.17) is 4.74 Å². The molecule has 1 heterocycles. The van der Waals surface area contributed by atoms with Crippen molar-refractivity contribution in [2.24, 2.45) is 0 Å². The molecule has 0 aromatic carbocycles. The lowest BCUT2D eigenvalue weighted by Gasteiger charge is -2.45. The van der Waals surface area contributed by atoms with Crippen LogP contribution in [0.4, 0.5) is 0 Å². The fourth-order valence-corrected chi connectivity index (χ4v) is 3.75. The van der Waals surface area contributed by atoms with Gasteiger partial charge in [-0.3, -0.25) is 4.68 Å². The number of methoxy groups -OCH3 is 1. The van der Waals surface area contributed by atoms with E-state index >= 15 is 0 Å². The van der Waals surface area contributed by atoms with Crippen molar-refractivity contribution in [3.8, 4) is 0 Å². The molecule has 5 nitrogen and oxygen atoms in total. The lowest BCUT2D eigenvalue weighted by molar-refractivity contribution is 0.0860. The summed E-state index contributed by atoms with van der Waals surface area (Å²) in [5.74, 6) is 0. The maximum atomic E-state index is 5.20. The number of hydrogen-bond donors (Lipinski definition) is 1. The number of aromatic nitrogens is 2. The Balaban J connectivity index is 3.28. The molecule has 1 aromatic heterocycles. The van der Waals surface area contributed by atoms with E-state index in [1.165, 1.54) is 5.69 Å². The first-order valence-electron chi connectivity index (χ1n) is 7.53. The molecule has 0 bridgehead atoms. The normalized spacial score (nSPS) is 13.9. The topological polar surface area (TPSA) is 42.3 Å². The van der Waals surface area contributed by atoms with Gasteiger partial charge in [-0.2, -0.15) is 5.10 Å². The molecule has 6 heteroatoms. The van der Waals surface area contributed by atoms with Gasteiger partial charge in [0.2, 0.25) is 0 Å². The monoisotopic (exact) mass is 360 g/mol. The van der Waals surface area contributed by atoms with Crippen molar-refractivity contribution in [3.63, 3.8) is 0 Å². The highest BCUT2D eigenvalue weighted by Gasteiger charge is 2.40. The Hall–Kier alpha value is -0.430. The number of nitrogens with zero attached hydrogens (tertiary/aromatic N) is 3. The van der Waals surface area contributed by atoms with Crippen LogP contribution in [0.5, 0.6) is 0 Å². The molecule has 0 saturated heterocycles. The van der Waals surface area contributed by atoms with Gasteiger partial charge in [-0.15, -0.1) is 0 Å². The Morgan fingerprint density at radius 2 is 2.05 bits per heavy atom. The van der Waals surface area contributed by atoms with Crippen molar-refractivity contribution in [2.45, 2.75) is 44.8 Å². The van der Waals surface area contributed by atoms with E-state index in [2.05, 4.69) is 59.2 Å². The molecule has 1 N–H and O–H groups in total. The summed E-state index contributed by atoms with van der Waals surface area (Å²) in [6.45, 7) is 5.91. The lowest BCUT2D eigenvalue weighted by Crippen LogP contribution is -2.53. The Bertz CT molecular complexity index is 429. The second kappa shape index (κ2) is 8.27. The van der Waals surface area contributed by atoms with Gasteiger partial charge in [0.25, 0.3) is 0 Å². The molecule has 0 aliphatic carbocycles. The molecule has 1 unspecified atom stereocenters. The molecule has 1 rings (SSSR count). The molecule has 122 valence electrons. The van der Waals surface area contributed by atoms with Crippen LogP contribution in [0.1, 0.15) is 38.4 Å². The summed E-state index contributed by atoms with van der Waals surface area (Å²) in [5, 5.41) is 8.01. The molecule has 0 fully saturated rings. The third-order valence-electron chi connectivity index (χ3n) is 4.56. The average molecular weight is 361 g/mol. The molecule has 0 aliphatic rings. The summed E-state index contributed by atoms with van der Waals surface area (Å²) in [4.78, 5) is 2.33.